The quantitative estimate of drug-likeness (QED) is 0.370. The molecule has 0 spiro atoms. The highest BCUT2D eigenvalue weighted by Crippen LogP contribution is 2.13. The van der Waals surface area contributed by atoms with Crippen molar-refractivity contribution in [2.45, 2.75) is 26.7 Å². The first-order chi connectivity index (χ1) is 9.17. The summed E-state index contributed by atoms with van der Waals surface area (Å²) in [6.07, 6.45) is 1.22. The van der Waals surface area contributed by atoms with Crippen LogP contribution in [0.25, 0.3) is 0 Å². The van der Waals surface area contributed by atoms with Gasteiger partial charge < -0.3 is 14.2 Å². The summed E-state index contributed by atoms with van der Waals surface area (Å²) in [4.78, 5) is 11.1. The summed E-state index contributed by atoms with van der Waals surface area (Å²) in [5.41, 5.74) is 0.496. The minimum atomic E-state index is -0.865. The summed E-state index contributed by atoms with van der Waals surface area (Å²) in [5, 5.41) is 7.61. The van der Waals surface area contributed by atoms with E-state index in [9.17, 15) is 4.79 Å². The Bertz CT molecular complexity index is 414. The van der Waals surface area contributed by atoms with Crippen LogP contribution in [0.4, 0.5) is 4.79 Å². The highest BCUT2D eigenvalue weighted by Gasteiger charge is 2.10. The largest absolute Gasteiger partial charge is 0.515 e. The summed E-state index contributed by atoms with van der Waals surface area (Å²) in [6.45, 7) is 4.66. The van der Waals surface area contributed by atoms with Crippen LogP contribution in [0.2, 0.25) is 0 Å². The molecule has 104 valence electrons. The zero-order valence-electron chi connectivity index (χ0n) is 11.3. The van der Waals surface area contributed by atoms with Crippen LogP contribution in [0, 0.1) is 5.41 Å². The van der Waals surface area contributed by atoms with Gasteiger partial charge in [0.25, 0.3) is 0 Å². The molecule has 0 aliphatic rings. The van der Waals surface area contributed by atoms with Crippen molar-refractivity contribution in [2.75, 3.05) is 13.2 Å². The zero-order valence-corrected chi connectivity index (χ0v) is 11.3. The highest BCUT2D eigenvalue weighted by molar-refractivity contribution is 5.97. The lowest BCUT2D eigenvalue weighted by Crippen LogP contribution is -2.13. The van der Waals surface area contributed by atoms with Crippen LogP contribution in [0.5, 0.6) is 5.75 Å². The second-order valence-electron chi connectivity index (χ2n) is 3.84. The van der Waals surface area contributed by atoms with Crippen molar-refractivity contribution in [3.63, 3.8) is 0 Å². The normalized spacial score (nSPS) is 9.79. The second-order valence-corrected chi connectivity index (χ2v) is 3.84. The molecule has 1 aromatic rings. The second kappa shape index (κ2) is 8.13. The van der Waals surface area contributed by atoms with Gasteiger partial charge in [0.1, 0.15) is 5.75 Å². The van der Waals surface area contributed by atoms with Gasteiger partial charge in [-0.2, -0.15) is 0 Å². The van der Waals surface area contributed by atoms with Gasteiger partial charge in [0.15, 0.2) is 0 Å². The van der Waals surface area contributed by atoms with Gasteiger partial charge >= 0.3 is 6.16 Å². The van der Waals surface area contributed by atoms with Gasteiger partial charge in [-0.3, -0.25) is 5.41 Å². The van der Waals surface area contributed by atoms with E-state index in [-0.39, 0.29) is 12.5 Å². The Morgan fingerprint density at radius 1 is 1.21 bits per heavy atom. The molecule has 0 saturated heterocycles. The Kier molecular flexibility index (Phi) is 6.43. The number of unbranched alkanes of at least 4 members (excludes halogenated alkanes) is 1. The van der Waals surface area contributed by atoms with E-state index in [2.05, 4.69) is 11.7 Å². The summed E-state index contributed by atoms with van der Waals surface area (Å²) in [7, 11) is 0. The predicted octanol–water partition coefficient (Wildman–Crippen LogP) is 3.36. The Morgan fingerprint density at radius 2 is 1.89 bits per heavy atom. The lowest BCUT2D eigenvalue weighted by molar-refractivity contribution is 0.100. The third-order valence-corrected chi connectivity index (χ3v) is 2.33. The van der Waals surface area contributed by atoms with Gasteiger partial charge in [-0.05, 0) is 37.6 Å². The minimum Gasteiger partial charge on any atom is -0.494 e. The molecular weight excluding hydrogens is 246 g/mol. The van der Waals surface area contributed by atoms with E-state index in [1.165, 1.54) is 0 Å². The Labute approximate surface area is 113 Å². The van der Waals surface area contributed by atoms with Crippen molar-refractivity contribution in [2.24, 2.45) is 0 Å². The van der Waals surface area contributed by atoms with Gasteiger partial charge in [0, 0.05) is 5.56 Å². The Balaban J connectivity index is 2.50. The number of carbonyl (C=O) groups is 1. The number of rotatable bonds is 6. The molecule has 0 bridgehead atoms. The molecular formula is C14H19NO4. The SMILES string of the molecule is CCCCOc1ccc(C(=N)OC(=O)OCC)cc1. The molecule has 0 radical (unpaired) electrons. The Hall–Kier alpha value is -2.04. The number of hydrogen-bond acceptors (Lipinski definition) is 5. The van der Waals surface area contributed by atoms with Gasteiger partial charge in [0.05, 0.1) is 13.2 Å². The fourth-order valence-corrected chi connectivity index (χ4v) is 1.33. The van der Waals surface area contributed by atoms with Crippen molar-refractivity contribution < 1.29 is 19.0 Å². The van der Waals surface area contributed by atoms with E-state index >= 15 is 0 Å². The molecule has 19 heavy (non-hydrogen) atoms. The van der Waals surface area contributed by atoms with Crippen LogP contribution in [0.3, 0.4) is 0 Å². The molecule has 0 amide bonds. The average Bonchev–Trinajstić information content (AvgIpc) is 2.40. The van der Waals surface area contributed by atoms with Crippen LogP contribution in [0.15, 0.2) is 24.3 Å². The smallest absolute Gasteiger partial charge is 0.494 e. The molecule has 5 nitrogen and oxygen atoms in total. The summed E-state index contributed by atoms with van der Waals surface area (Å²) < 4.78 is 14.8. The molecule has 5 heteroatoms. The van der Waals surface area contributed by atoms with E-state index in [0.29, 0.717) is 12.2 Å². The fourth-order valence-electron chi connectivity index (χ4n) is 1.33. The Morgan fingerprint density at radius 3 is 2.47 bits per heavy atom. The van der Waals surface area contributed by atoms with E-state index < -0.39 is 6.16 Å². The molecule has 0 aromatic heterocycles. The van der Waals surface area contributed by atoms with E-state index in [4.69, 9.17) is 14.9 Å². The van der Waals surface area contributed by atoms with Gasteiger partial charge in [-0.1, -0.05) is 13.3 Å². The summed E-state index contributed by atoms with van der Waals surface area (Å²) in [6, 6.07) is 6.83. The number of hydrogen-bond donors (Lipinski definition) is 1. The van der Waals surface area contributed by atoms with Crippen molar-refractivity contribution in [1.82, 2.24) is 0 Å². The zero-order chi connectivity index (χ0) is 14.1. The van der Waals surface area contributed by atoms with E-state index in [0.717, 1.165) is 18.6 Å². The number of carbonyl (C=O) groups excluding carboxylic acids is 1. The van der Waals surface area contributed by atoms with E-state index in [1.54, 1.807) is 31.2 Å². The third kappa shape index (κ3) is 5.42. The number of benzene rings is 1. The first-order valence-electron chi connectivity index (χ1n) is 6.33. The predicted molar refractivity (Wildman–Crippen MR) is 71.8 cm³/mol. The lowest BCUT2D eigenvalue weighted by atomic mass is 10.2. The molecule has 1 aromatic carbocycles. The molecule has 0 fully saturated rings. The standard InChI is InChI=1S/C14H19NO4/c1-3-5-10-18-12-8-6-11(7-9-12)13(15)19-14(16)17-4-2/h6-9,15H,3-5,10H2,1-2H3. The van der Waals surface area contributed by atoms with Crippen molar-refractivity contribution in [3.8, 4) is 5.75 Å². The lowest BCUT2D eigenvalue weighted by Gasteiger charge is -2.07. The first kappa shape index (κ1) is 15.0. The third-order valence-electron chi connectivity index (χ3n) is 2.33. The van der Waals surface area contributed by atoms with Crippen LogP contribution in [0.1, 0.15) is 32.3 Å². The molecule has 0 heterocycles. The molecule has 1 N–H and O–H groups in total. The molecule has 0 unspecified atom stereocenters. The molecule has 1 rings (SSSR count). The maximum Gasteiger partial charge on any atom is 0.515 e. The molecule has 0 aliphatic heterocycles. The maximum absolute atomic E-state index is 11.1. The van der Waals surface area contributed by atoms with Gasteiger partial charge in [0.2, 0.25) is 5.90 Å². The number of ether oxygens (including phenoxy) is 3. The summed E-state index contributed by atoms with van der Waals surface area (Å²) in [5.74, 6) is 0.500. The van der Waals surface area contributed by atoms with Crippen LogP contribution < -0.4 is 4.74 Å². The van der Waals surface area contributed by atoms with E-state index in [1.807, 2.05) is 0 Å². The monoisotopic (exact) mass is 265 g/mol. The van der Waals surface area contributed by atoms with Crippen LogP contribution >= 0.6 is 0 Å². The topological polar surface area (TPSA) is 68.6 Å². The maximum atomic E-state index is 11.1. The molecule has 0 saturated carbocycles. The van der Waals surface area contributed by atoms with Crippen molar-refractivity contribution in [1.29, 1.82) is 5.41 Å². The number of nitrogens with one attached hydrogen (secondary N) is 1. The van der Waals surface area contributed by atoms with Gasteiger partial charge in [-0.25, -0.2) is 4.79 Å². The van der Waals surface area contributed by atoms with Crippen molar-refractivity contribution >= 4 is 12.1 Å². The van der Waals surface area contributed by atoms with Crippen LogP contribution in [-0.4, -0.2) is 25.3 Å². The highest BCUT2D eigenvalue weighted by atomic mass is 16.7. The molecule has 0 atom stereocenters. The van der Waals surface area contributed by atoms with Crippen molar-refractivity contribution in [3.05, 3.63) is 29.8 Å². The summed E-state index contributed by atoms with van der Waals surface area (Å²) >= 11 is 0. The average molecular weight is 265 g/mol. The van der Waals surface area contributed by atoms with Crippen LogP contribution in [-0.2, 0) is 9.47 Å². The molecule has 0 aliphatic carbocycles. The first-order valence-corrected chi connectivity index (χ1v) is 6.33. The fraction of sp³-hybridized carbons (Fsp3) is 0.429. The van der Waals surface area contributed by atoms with Gasteiger partial charge in [-0.15, -0.1) is 0 Å². The minimum absolute atomic E-state index is 0.219.